The fourth-order valence-corrected chi connectivity index (χ4v) is 4.36. The molecule has 1 aliphatic heterocycles. The van der Waals surface area contributed by atoms with Crippen molar-refractivity contribution in [3.63, 3.8) is 0 Å². The Balaban J connectivity index is 1.42. The van der Waals surface area contributed by atoms with Crippen molar-refractivity contribution in [3.05, 3.63) is 104 Å². The summed E-state index contributed by atoms with van der Waals surface area (Å²) in [6, 6.07) is 20.6. The van der Waals surface area contributed by atoms with Gasteiger partial charge in [0.05, 0.1) is 21.5 Å². The van der Waals surface area contributed by atoms with Gasteiger partial charge >= 0.3 is 0 Å². The summed E-state index contributed by atoms with van der Waals surface area (Å²) >= 11 is 12.9. The maximum atomic E-state index is 12.8. The Labute approximate surface area is 200 Å². The molecule has 3 aromatic carbocycles. The summed E-state index contributed by atoms with van der Waals surface area (Å²) in [6.07, 6.45) is 1.71. The molecule has 1 heterocycles. The summed E-state index contributed by atoms with van der Waals surface area (Å²) in [4.78, 5) is 26.7. The molecule has 4 rings (SSSR count). The Hall–Kier alpha value is -2.73. The highest BCUT2D eigenvalue weighted by atomic mass is 35.5. The summed E-state index contributed by atoms with van der Waals surface area (Å²) in [6.45, 7) is 2.68. The summed E-state index contributed by atoms with van der Waals surface area (Å²) < 4.78 is 5.86. The van der Waals surface area contributed by atoms with Crippen LogP contribution in [-0.2, 0) is 17.9 Å². The molecule has 0 bridgehead atoms. The summed E-state index contributed by atoms with van der Waals surface area (Å²) in [7, 11) is 0. The summed E-state index contributed by atoms with van der Waals surface area (Å²) in [5.41, 5.74) is 3.86. The second-order valence-electron chi connectivity index (χ2n) is 7.30. The second kappa shape index (κ2) is 9.82. The molecule has 1 aliphatic rings. The van der Waals surface area contributed by atoms with E-state index in [1.165, 1.54) is 10.5 Å². The van der Waals surface area contributed by atoms with Crippen LogP contribution in [-0.4, -0.2) is 16.0 Å². The van der Waals surface area contributed by atoms with Crippen LogP contribution in [0.5, 0.6) is 5.75 Å². The Morgan fingerprint density at radius 2 is 1.72 bits per heavy atom. The molecule has 1 fully saturated rings. The van der Waals surface area contributed by atoms with Crippen molar-refractivity contribution >= 4 is 52.2 Å². The van der Waals surface area contributed by atoms with Gasteiger partial charge in [-0.1, -0.05) is 65.7 Å². The number of carbonyl (C=O) groups excluding carboxylic acids is 2. The SMILES string of the molecule is Cc1ccccc1COc1ccc(/C=C2\SC(=O)N(Cc3ccc(Cl)c(Cl)c3)C2=O)cc1. The van der Waals surface area contributed by atoms with Gasteiger partial charge in [0.2, 0.25) is 0 Å². The topological polar surface area (TPSA) is 46.6 Å². The highest BCUT2D eigenvalue weighted by molar-refractivity contribution is 8.18. The van der Waals surface area contributed by atoms with Crippen LogP contribution >= 0.6 is 35.0 Å². The molecule has 0 aromatic heterocycles. The van der Waals surface area contributed by atoms with Crippen molar-refractivity contribution in [1.82, 2.24) is 4.90 Å². The maximum absolute atomic E-state index is 12.8. The number of benzene rings is 3. The van der Waals surface area contributed by atoms with Crippen LogP contribution in [0.15, 0.2) is 71.6 Å². The molecule has 7 heteroatoms. The lowest BCUT2D eigenvalue weighted by atomic mass is 10.1. The monoisotopic (exact) mass is 483 g/mol. The van der Waals surface area contributed by atoms with E-state index in [4.69, 9.17) is 27.9 Å². The third kappa shape index (κ3) is 5.18. The van der Waals surface area contributed by atoms with Crippen LogP contribution in [0.4, 0.5) is 4.79 Å². The minimum atomic E-state index is -0.328. The van der Waals surface area contributed by atoms with E-state index in [0.717, 1.165) is 34.2 Å². The van der Waals surface area contributed by atoms with Gasteiger partial charge in [0.25, 0.3) is 11.1 Å². The molecule has 0 saturated carbocycles. The van der Waals surface area contributed by atoms with Crippen LogP contribution in [0.1, 0.15) is 22.3 Å². The van der Waals surface area contributed by atoms with E-state index in [9.17, 15) is 9.59 Å². The number of rotatable bonds is 6. The van der Waals surface area contributed by atoms with Crippen LogP contribution in [0.2, 0.25) is 10.0 Å². The lowest BCUT2D eigenvalue weighted by Gasteiger charge is -2.13. The third-order valence-corrected chi connectivity index (χ3v) is 6.68. The maximum Gasteiger partial charge on any atom is 0.293 e. The number of nitrogens with zero attached hydrogens (tertiary/aromatic N) is 1. The first-order valence-corrected chi connectivity index (χ1v) is 11.4. The van der Waals surface area contributed by atoms with E-state index in [2.05, 4.69) is 13.0 Å². The normalized spacial score (nSPS) is 15.0. The molecule has 162 valence electrons. The predicted octanol–water partition coefficient (Wildman–Crippen LogP) is 7.12. The Morgan fingerprint density at radius 1 is 0.969 bits per heavy atom. The minimum Gasteiger partial charge on any atom is -0.489 e. The molecule has 1 saturated heterocycles. The molecule has 4 nitrogen and oxygen atoms in total. The number of ether oxygens (including phenoxy) is 1. The zero-order valence-electron chi connectivity index (χ0n) is 17.2. The van der Waals surface area contributed by atoms with E-state index in [0.29, 0.717) is 21.6 Å². The third-order valence-electron chi connectivity index (χ3n) is 5.03. The number of hydrogen-bond acceptors (Lipinski definition) is 4. The molecule has 0 aliphatic carbocycles. The van der Waals surface area contributed by atoms with Crippen molar-refractivity contribution in [2.45, 2.75) is 20.1 Å². The summed E-state index contributed by atoms with van der Waals surface area (Å²) in [5, 5.41) is 0.498. The van der Waals surface area contributed by atoms with E-state index >= 15 is 0 Å². The molecule has 3 aromatic rings. The van der Waals surface area contributed by atoms with Gasteiger partial charge in [-0.25, -0.2) is 0 Å². The molecule has 2 amide bonds. The van der Waals surface area contributed by atoms with Gasteiger partial charge in [-0.3, -0.25) is 14.5 Å². The van der Waals surface area contributed by atoms with Gasteiger partial charge in [-0.2, -0.15) is 0 Å². The molecule has 0 radical (unpaired) electrons. The number of carbonyl (C=O) groups is 2. The quantitative estimate of drug-likeness (QED) is 0.350. The molecule has 0 N–H and O–H groups in total. The lowest BCUT2D eigenvalue weighted by molar-refractivity contribution is -0.123. The number of thioether (sulfide) groups is 1. The van der Waals surface area contributed by atoms with Crippen molar-refractivity contribution in [3.8, 4) is 5.75 Å². The average molecular weight is 484 g/mol. The number of imide groups is 1. The number of amides is 2. The molecule has 0 atom stereocenters. The van der Waals surface area contributed by atoms with Crippen molar-refractivity contribution < 1.29 is 14.3 Å². The Bertz CT molecular complexity index is 1210. The van der Waals surface area contributed by atoms with Gasteiger partial charge in [-0.15, -0.1) is 0 Å². The van der Waals surface area contributed by atoms with E-state index in [1.807, 2.05) is 42.5 Å². The van der Waals surface area contributed by atoms with Crippen molar-refractivity contribution in [2.24, 2.45) is 0 Å². The van der Waals surface area contributed by atoms with Gasteiger partial charge < -0.3 is 4.74 Å². The largest absolute Gasteiger partial charge is 0.489 e. The molecular formula is C25H19Cl2NO3S. The lowest BCUT2D eigenvalue weighted by Crippen LogP contribution is -2.27. The standard InChI is InChI=1S/C25H19Cl2NO3S/c1-16-4-2-3-5-19(16)15-31-20-9-6-17(7-10-20)13-23-24(29)28(25(30)32-23)14-18-8-11-21(26)22(27)12-18/h2-13H,14-15H2,1H3/b23-13-. The van der Waals surface area contributed by atoms with E-state index in [-0.39, 0.29) is 17.7 Å². The molecule has 0 unspecified atom stereocenters. The van der Waals surface area contributed by atoms with Crippen LogP contribution in [0, 0.1) is 6.92 Å². The zero-order chi connectivity index (χ0) is 22.7. The minimum absolute atomic E-state index is 0.143. The highest BCUT2D eigenvalue weighted by Gasteiger charge is 2.35. The molecule has 32 heavy (non-hydrogen) atoms. The smallest absolute Gasteiger partial charge is 0.293 e. The molecule has 0 spiro atoms. The van der Waals surface area contributed by atoms with Crippen LogP contribution in [0.3, 0.4) is 0 Å². The first-order valence-electron chi connectivity index (χ1n) is 9.87. The number of hydrogen-bond donors (Lipinski definition) is 0. The Morgan fingerprint density at radius 3 is 2.44 bits per heavy atom. The van der Waals surface area contributed by atoms with Gasteiger partial charge in [0.15, 0.2) is 0 Å². The predicted molar refractivity (Wildman–Crippen MR) is 130 cm³/mol. The number of aryl methyl sites for hydroxylation is 1. The molecular weight excluding hydrogens is 465 g/mol. The van der Waals surface area contributed by atoms with Crippen molar-refractivity contribution in [1.29, 1.82) is 0 Å². The first-order chi connectivity index (χ1) is 15.4. The van der Waals surface area contributed by atoms with Gasteiger partial charge in [0, 0.05) is 0 Å². The zero-order valence-corrected chi connectivity index (χ0v) is 19.5. The van der Waals surface area contributed by atoms with Crippen LogP contribution < -0.4 is 4.74 Å². The average Bonchev–Trinajstić information content (AvgIpc) is 3.04. The number of halogens is 2. The van der Waals surface area contributed by atoms with Gasteiger partial charge in [0.1, 0.15) is 12.4 Å². The fraction of sp³-hybridized carbons (Fsp3) is 0.120. The van der Waals surface area contributed by atoms with Gasteiger partial charge in [-0.05, 0) is 71.3 Å². The van der Waals surface area contributed by atoms with E-state index in [1.54, 1.807) is 24.3 Å². The Kier molecular flexibility index (Phi) is 6.89. The highest BCUT2D eigenvalue weighted by Crippen LogP contribution is 2.34. The second-order valence-corrected chi connectivity index (χ2v) is 9.11. The fourth-order valence-electron chi connectivity index (χ4n) is 3.20. The summed E-state index contributed by atoms with van der Waals surface area (Å²) in [5.74, 6) is 0.407. The van der Waals surface area contributed by atoms with Crippen LogP contribution in [0.25, 0.3) is 6.08 Å². The van der Waals surface area contributed by atoms with Crippen molar-refractivity contribution in [2.75, 3.05) is 0 Å². The van der Waals surface area contributed by atoms with E-state index < -0.39 is 0 Å². The first kappa shape index (κ1) is 22.5.